The fourth-order valence-electron chi connectivity index (χ4n) is 1.71. The Kier molecular flexibility index (Phi) is 3.94. The number of primary amides is 1. The molecule has 2 rings (SSSR count). The van der Waals surface area contributed by atoms with Gasteiger partial charge in [0, 0.05) is 12.1 Å². The lowest BCUT2D eigenvalue weighted by atomic mass is 10.1. The van der Waals surface area contributed by atoms with Crippen LogP contribution < -0.4 is 10.5 Å². The smallest absolute Gasteiger partial charge is 0.270 e. The monoisotopic (exact) mass is 286 g/mol. The van der Waals surface area contributed by atoms with Gasteiger partial charge in [-0.25, -0.2) is 0 Å². The highest BCUT2D eigenvalue weighted by atomic mass is 16.6. The second-order valence-electron chi connectivity index (χ2n) is 4.06. The number of amides is 1. The molecule has 106 valence electrons. The first-order chi connectivity index (χ1) is 10.0. The fraction of sp³-hybridized carbons (Fsp3) is 0. The van der Waals surface area contributed by atoms with E-state index in [1.807, 2.05) is 0 Å². The summed E-state index contributed by atoms with van der Waals surface area (Å²) in [6, 6.07) is 9.82. The summed E-state index contributed by atoms with van der Waals surface area (Å²) in [5, 5.41) is 10.7. The molecular weight excluding hydrogens is 276 g/mol. The maximum absolute atomic E-state index is 11.3. The highest BCUT2D eigenvalue weighted by molar-refractivity contribution is 5.95. The Bertz CT molecular complexity index is 727. The lowest BCUT2D eigenvalue weighted by molar-refractivity contribution is -0.384. The van der Waals surface area contributed by atoms with Crippen LogP contribution in [-0.2, 0) is 0 Å². The second-order valence-corrected chi connectivity index (χ2v) is 4.06. The van der Waals surface area contributed by atoms with Crippen LogP contribution in [0, 0.1) is 10.1 Å². The van der Waals surface area contributed by atoms with Crippen molar-refractivity contribution in [2.24, 2.45) is 5.73 Å². The third-order valence-electron chi connectivity index (χ3n) is 2.70. The number of nitrogens with two attached hydrogens (primary N) is 1. The Morgan fingerprint density at radius 2 is 1.90 bits per heavy atom. The average molecular weight is 286 g/mol. The normalized spacial score (nSPS) is 9.90. The summed E-state index contributed by atoms with van der Waals surface area (Å²) in [5.41, 5.74) is 5.15. The van der Waals surface area contributed by atoms with E-state index < -0.39 is 10.8 Å². The number of non-ortho nitro benzene ring substituents is 1. The van der Waals surface area contributed by atoms with Crippen LogP contribution in [0.15, 0.2) is 42.5 Å². The Labute approximate surface area is 119 Å². The van der Waals surface area contributed by atoms with Gasteiger partial charge in [-0.1, -0.05) is 12.1 Å². The average Bonchev–Trinajstić information content (AvgIpc) is 2.47. The van der Waals surface area contributed by atoms with E-state index in [4.69, 9.17) is 10.5 Å². The van der Waals surface area contributed by atoms with E-state index in [1.54, 1.807) is 12.1 Å². The van der Waals surface area contributed by atoms with Gasteiger partial charge < -0.3 is 10.5 Å². The lowest BCUT2D eigenvalue weighted by Gasteiger charge is -2.10. The number of aldehydes is 1. The van der Waals surface area contributed by atoms with Crippen LogP contribution in [0.25, 0.3) is 0 Å². The number of nitro benzene ring substituents is 1. The number of nitrogens with zero attached hydrogens (tertiary/aromatic N) is 1. The maximum atomic E-state index is 11.3. The number of nitro groups is 1. The minimum atomic E-state index is -0.680. The number of hydrogen-bond acceptors (Lipinski definition) is 5. The molecule has 0 radical (unpaired) electrons. The number of ether oxygens (including phenoxy) is 1. The zero-order valence-electron chi connectivity index (χ0n) is 10.7. The summed E-state index contributed by atoms with van der Waals surface area (Å²) in [4.78, 5) is 32.4. The summed E-state index contributed by atoms with van der Waals surface area (Å²) in [7, 11) is 0. The van der Waals surface area contributed by atoms with Crippen molar-refractivity contribution in [3.63, 3.8) is 0 Å². The summed E-state index contributed by atoms with van der Waals surface area (Å²) in [6.07, 6.45) is 0.440. The molecule has 0 aliphatic rings. The first-order valence-corrected chi connectivity index (χ1v) is 5.83. The summed E-state index contributed by atoms with van der Waals surface area (Å²) >= 11 is 0. The molecule has 0 saturated heterocycles. The van der Waals surface area contributed by atoms with Gasteiger partial charge in [0.1, 0.15) is 11.5 Å². The van der Waals surface area contributed by atoms with E-state index in [1.165, 1.54) is 24.3 Å². The Morgan fingerprint density at radius 1 is 1.19 bits per heavy atom. The Hall–Kier alpha value is -3.22. The van der Waals surface area contributed by atoms with Crippen molar-refractivity contribution in [1.29, 1.82) is 0 Å². The van der Waals surface area contributed by atoms with Crippen LogP contribution in [0.1, 0.15) is 20.7 Å². The van der Waals surface area contributed by atoms with E-state index in [2.05, 4.69) is 0 Å². The number of hydrogen-bond donors (Lipinski definition) is 1. The molecule has 7 nitrogen and oxygen atoms in total. The van der Waals surface area contributed by atoms with Gasteiger partial charge in [0.25, 0.3) is 11.6 Å². The predicted octanol–water partition coefficient (Wildman–Crippen LogP) is 2.30. The van der Waals surface area contributed by atoms with Gasteiger partial charge in [0.15, 0.2) is 6.29 Å². The molecule has 2 aromatic carbocycles. The van der Waals surface area contributed by atoms with Gasteiger partial charge in [-0.2, -0.15) is 0 Å². The van der Waals surface area contributed by atoms with Gasteiger partial charge in [-0.05, 0) is 18.2 Å². The zero-order chi connectivity index (χ0) is 15.4. The van der Waals surface area contributed by atoms with Crippen LogP contribution in [0.3, 0.4) is 0 Å². The molecule has 0 spiro atoms. The van der Waals surface area contributed by atoms with Crippen LogP contribution in [0.2, 0.25) is 0 Å². The molecular formula is C14H10N2O5. The summed E-state index contributed by atoms with van der Waals surface area (Å²) < 4.78 is 5.47. The standard InChI is InChI=1S/C14H10N2O5/c15-14(18)11-3-1-2-4-13(11)21-12-6-5-10(16(19)20)7-9(12)8-17/h1-8H,(H2,15,18). The molecule has 0 aromatic heterocycles. The van der Waals surface area contributed by atoms with E-state index in [-0.39, 0.29) is 28.3 Å². The largest absolute Gasteiger partial charge is 0.456 e. The van der Waals surface area contributed by atoms with E-state index in [9.17, 15) is 19.7 Å². The minimum absolute atomic E-state index is 0.00322. The molecule has 21 heavy (non-hydrogen) atoms. The molecule has 0 aliphatic heterocycles. The van der Waals surface area contributed by atoms with E-state index >= 15 is 0 Å². The molecule has 7 heteroatoms. The highest BCUT2D eigenvalue weighted by Gasteiger charge is 2.14. The molecule has 0 heterocycles. The maximum Gasteiger partial charge on any atom is 0.270 e. The molecule has 0 unspecified atom stereocenters. The van der Waals surface area contributed by atoms with Crippen molar-refractivity contribution in [1.82, 2.24) is 0 Å². The number of para-hydroxylation sites is 1. The predicted molar refractivity (Wildman–Crippen MR) is 73.5 cm³/mol. The second kappa shape index (κ2) is 5.83. The summed E-state index contributed by atoms with van der Waals surface area (Å²) in [6.45, 7) is 0. The quantitative estimate of drug-likeness (QED) is 0.514. The SMILES string of the molecule is NC(=O)c1ccccc1Oc1ccc([N+](=O)[O-])cc1C=O. The van der Waals surface area contributed by atoms with Gasteiger partial charge in [-0.3, -0.25) is 19.7 Å². The van der Waals surface area contributed by atoms with Crippen molar-refractivity contribution >= 4 is 17.9 Å². The molecule has 0 aliphatic carbocycles. The third kappa shape index (κ3) is 3.03. The number of benzene rings is 2. The van der Waals surface area contributed by atoms with Crippen LogP contribution >= 0.6 is 0 Å². The highest BCUT2D eigenvalue weighted by Crippen LogP contribution is 2.29. The fourth-order valence-corrected chi connectivity index (χ4v) is 1.71. The van der Waals surface area contributed by atoms with Gasteiger partial charge in [-0.15, -0.1) is 0 Å². The van der Waals surface area contributed by atoms with Crippen molar-refractivity contribution in [2.75, 3.05) is 0 Å². The molecule has 0 fully saturated rings. The van der Waals surface area contributed by atoms with Gasteiger partial charge in [0.2, 0.25) is 0 Å². The van der Waals surface area contributed by atoms with Crippen LogP contribution in [0.5, 0.6) is 11.5 Å². The van der Waals surface area contributed by atoms with Crippen molar-refractivity contribution in [3.8, 4) is 11.5 Å². The first-order valence-electron chi connectivity index (χ1n) is 5.83. The van der Waals surface area contributed by atoms with Gasteiger partial charge in [0.05, 0.1) is 16.1 Å². The number of carbonyl (C=O) groups is 2. The van der Waals surface area contributed by atoms with Crippen LogP contribution in [-0.4, -0.2) is 17.1 Å². The zero-order valence-corrected chi connectivity index (χ0v) is 10.7. The first kappa shape index (κ1) is 14.2. The molecule has 2 aromatic rings. The number of carbonyl (C=O) groups excluding carboxylic acids is 2. The summed E-state index contributed by atoms with van der Waals surface area (Å²) in [5.74, 6) is -0.411. The lowest BCUT2D eigenvalue weighted by Crippen LogP contribution is -2.12. The van der Waals surface area contributed by atoms with E-state index in [0.717, 1.165) is 6.07 Å². The Balaban J connectivity index is 2.43. The van der Waals surface area contributed by atoms with Crippen molar-refractivity contribution < 1.29 is 19.2 Å². The molecule has 0 atom stereocenters. The number of rotatable bonds is 5. The van der Waals surface area contributed by atoms with Crippen molar-refractivity contribution in [2.45, 2.75) is 0 Å². The van der Waals surface area contributed by atoms with Crippen LogP contribution in [0.4, 0.5) is 5.69 Å². The molecule has 2 N–H and O–H groups in total. The molecule has 1 amide bonds. The van der Waals surface area contributed by atoms with Crippen molar-refractivity contribution in [3.05, 3.63) is 63.7 Å². The third-order valence-corrected chi connectivity index (χ3v) is 2.70. The Morgan fingerprint density at radius 3 is 2.52 bits per heavy atom. The van der Waals surface area contributed by atoms with Gasteiger partial charge >= 0.3 is 0 Å². The molecule has 0 saturated carbocycles. The minimum Gasteiger partial charge on any atom is -0.456 e. The molecule has 0 bridgehead atoms. The topological polar surface area (TPSA) is 113 Å². The van der Waals surface area contributed by atoms with E-state index in [0.29, 0.717) is 6.29 Å².